The molecular weight excluding hydrogens is 350 g/mol. The van der Waals surface area contributed by atoms with Gasteiger partial charge in [0.15, 0.2) is 0 Å². The molecule has 0 saturated carbocycles. The summed E-state index contributed by atoms with van der Waals surface area (Å²) in [6.45, 7) is 6.87. The lowest BCUT2D eigenvalue weighted by Crippen LogP contribution is -2.14. The molecule has 0 aliphatic heterocycles. The number of benzene rings is 4. The van der Waals surface area contributed by atoms with Crippen molar-refractivity contribution in [2.45, 2.75) is 26.2 Å². The van der Waals surface area contributed by atoms with E-state index in [0.29, 0.717) is 0 Å². The lowest BCUT2D eigenvalue weighted by Gasteiger charge is -2.21. The molecule has 0 atom stereocenters. The maximum absolute atomic E-state index is 2.47. The topological polar surface area (TPSA) is 4.93 Å². The highest BCUT2D eigenvalue weighted by atomic mass is 15.0. The molecular formula is C28H23N. The molecule has 4 aromatic carbocycles. The fourth-order valence-corrected chi connectivity index (χ4v) is 5.28. The van der Waals surface area contributed by atoms with E-state index in [-0.39, 0.29) is 5.41 Å². The Bertz CT molecular complexity index is 1430. The third-order valence-electron chi connectivity index (χ3n) is 6.64. The Labute approximate surface area is 171 Å². The van der Waals surface area contributed by atoms with Crippen LogP contribution in [0.1, 0.15) is 30.5 Å². The van der Waals surface area contributed by atoms with Crippen molar-refractivity contribution in [1.82, 2.24) is 4.57 Å². The lowest BCUT2D eigenvalue weighted by molar-refractivity contribution is 0.661. The number of hydrogen-bond donors (Lipinski definition) is 0. The molecule has 1 aliphatic carbocycles. The molecule has 140 valence electrons. The van der Waals surface area contributed by atoms with Crippen LogP contribution in [0.25, 0.3) is 38.6 Å². The van der Waals surface area contributed by atoms with Crippen LogP contribution < -0.4 is 0 Å². The van der Waals surface area contributed by atoms with E-state index < -0.39 is 0 Å². The quantitative estimate of drug-likeness (QED) is 0.288. The zero-order valence-electron chi connectivity index (χ0n) is 17.0. The Balaban J connectivity index is 1.87. The fourth-order valence-electron chi connectivity index (χ4n) is 5.28. The van der Waals surface area contributed by atoms with Gasteiger partial charge < -0.3 is 4.57 Å². The Morgan fingerprint density at radius 1 is 0.690 bits per heavy atom. The van der Waals surface area contributed by atoms with E-state index in [2.05, 4.69) is 110 Å². The van der Waals surface area contributed by atoms with Gasteiger partial charge in [0.25, 0.3) is 0 Å². The van der Waals surface area contributed by atoms with E-state index in [4.69, 9.17) is 0 Å². The molecule has 1 heteroatoms. The fraction of sp³-hybridized carbons (Fsp3) is 0.143. The van der Waals surface area contributed by atoms with Crippen LogP contribution >= 0.6 is 0 Å². The SMILES string of the molecule is Cc1cccc(-n2c3ccccc3c3ccc4c(c32)-c2ccccc2C4(C)C)c1. The normalized spacial score (nSPS) is 14.3. The summed E-state index contributed by atoms with van der Waals surface area (Å²) >= 11 is 0. The molecule has 5 aromatic rings. The third kappa shape index (κ3) is 2.10. The maximum atomic E-state index is 2.47. The first-order valence-electron chi connectivity index (χ1n) is 10.3. The van der Waals surface area contributed by atoms with Crippen molar-refractivity contribution in [1.29, 1.82) is 0 Å². The van der Waals surface area contributed by atoms with Gasteiger partial charge in [-0.1, -0.05) is 80.6 Å². The van der Waals surface area contributed by atoms with Crippen molar-refractivity contribution in [3.05, 3.63) is 102 Å². The summed E-state index contributed by atoms with van der Waals surface area (Å²) in [4.78, 5) is 0. The number of aryl methyl sites for hydroxylation is 1. The predicted molar refractivity (Wildman–Crippen MR) is 123 cm³/mol. The molecule has 0 radical (unpaired) electrons. The molecule has 6 rings (SSSR count). The van der Waals surface area contributed by atoms with Gasteiger partial charge in [0.05, 0.1) is 11.0 Å². The van der Waals surface area contributed by atoms with Crippen molar-refractivity contribution in [2.75, 3.05) is 0 Å². The van der Waals surface area contributed by atoms with E-state index in [1.807, 2.05) is 0 Å². The summed E-state index contributed by atoms with van der Waals surface area (Å²) < 4.78 is 2.47. The van der Waals surface area contributed by atoms with Crippen LogP contribution in [0.4, 0.5) is 0 Å². The van der Waals surface area contributed by atoms with Crippen LogP contribution in [0.15, 0.2) is 84.9 Å². The first kappa shape index (κ1) is 16.6. The van der Waals surface area contributed by atoms with Gasteiger partial charge in [0.1, 0.15) is 0 Å². The number of para-hydroxylation sites is 1. The summed E-state index contributed by atoms with van der Waals surface area (Å²) in [6, 6.07) is 31.2. The second kappa shape index (κ2) is 5.61. The van der Waals surface area contributed by atoms with Gasteiger partial charge in [-0.25, -0.2) is 0 Å². The van der Waals surface area contributed by atoms with Crippen LogP contribution in [0.2, 0.25) is 0 Å². The predicted octanol–water partition coefficient (Wildman–Crippen LogP) is 7.40. The maximum Gasteiger partial charge on any atom is 0.0622 e. The minimum Gasteiger partial charge on any atom is -0.309 e. The molecule has 0 spiro atoms. The van der Waals surface area contributed by atoms with Gasteiger partial charge in [-0.15, -0.1) is 0 Å². The Morgan fingerprint density at radius 2 is 1.48 bits per heavy atom. The smallest absolute Gasteiger partial charge is 0.0622 e. The second-order valence-electron chi connectivity index (χ2n) is 8.75. The van der Waals surface area contributed by atoms with Crippen LogP contribution in [0.5, 0.6) is 0 Å². The molecule has 0 bridgehead atoms. The molecule has 29 heavy (non-hydrogen) atoms. The van der Waals surface area contributed by atoms with Crippen molar-refractivity contribution in [3.8, 4) is 16.8 Å². The highest BCUT2D eigenvalue weighted by molar-refractivity contribution is 6.15. The van der Waals surface area contributed by atoms with Crippen LogP contribution in [0.3, 0.4) is 0 Å². The van der Waals surface area contributed by atoms with E-state index in [0.717, 1.165) is 0 Å². The van der Waals surface area contributed by atoms with Gasteiger partial charge in [-0.05, 0) is 47.4 Å². The van der Waals surface area contributed by atoms with E-state index in [9.17, 15) is 0 Å². The summed E-state index contributed by atoms with van der Waals surface area (Å²) in [5, 5.41) is 2.64. The average Bonchev–Trinajstić information content (AvgIpc) is 3.18. The zero-order valence-corrected chi connectivity index (χ0v) is 17.0. The molecule has 0 saturated heterocycles. The molecule has 0 unspecified atom stereocenters. The zero-order chi connectivity index (χ0) is 19.8. The average molecular weight is 373 g/mol. The van der Waals surface area contributed by atoms with Crippen LogP contribution in [-0.4, -0.2) is 4.57 Å². The first-order valence-corrected chi connectivity index (χ1v) is 10.3. The van der Waals surface area contributed by atoms with Crippen molar-refractivity contribution >= 4 is 21.8 Å². The molecule has 1 nitrogen and oxygen atoms in total. The highest BCUT2D eigenvalue weighted by Gasteiger charge is 2.37. The van der Waals surface area contributed by atoms with E-state index in [1.54, 1.807) is 0 Å². The van der Waals surface area contributed by atoms with Crippen LogP contribution in [-0.2, 0) is 5.41 Å². The number of rotatable bonds is 1. The molecule has 0 N–H and O–H groups in total. The molecule has 0 amide bonds. The van der Waals surface area contributed by atoms with Crippen molar-refractivity contribution < 1.29 is 0 Å². The van der Waals surface area contributed by atoms with Crippen molar-refractivity contribution in [3.63, 3.8) is 0 Å². The number of fused-ring (bicyclic) bond motifs is 7. The Kier molecular flexibility index (Phi) is 3.21. The first-order chi connectivity index (χ1) is 14.1. The standard InChI is InChI=1S/C28H23N/c1-18-9-8-10-19(17-18)29-25-14-7-5-11-20(25)21-15-16-24-26(27(21)29)22-12-4-6-13-23(22)28(24,2)3/h4-17H,1-3H3. The van der Waals surface area contributed by atoms with Gasteiger partial charge in [0, 0.05) is 27.4 Å². The van der Waals surface area contributed by atoms with Gasteiger partial charge in [0.2, 0.25) is 0 Å². The highest BCUT2D eigenvalue weighted by Crippen LogP contribution is 2.52. The molecule has 1 heterocycles. The Morgan fingerprint density at radius 3 is 2.34 bits per heavy atom. The van der Waals surface area contributed by atoms with Gasteiger partial charge in [-0.3, -0.25) is 0 Å². The van der Waals surface area contributed by atoms with Gasteiger partial charge in [-0.2, -0.15) is 0 Å². The molecule has 1 aliphatic rings. The van der Waals surface area contributed by atoms with E-state index >= 15 is 0 Å². The number of aromatic nitrogens is 1. The van der Waals surface area contributed by atoms with Crippen LogP contribution in [0, 0.1) is 6.92 Å². The molecule has 0 fully saturated rings. The summed E-state index contributed by atoms with van der Waals surface area (Å²) in [6.07, 6.45) is 0. The van der Waals surface area contributed by atoms with Gasteiger partial charge >= 0.3 is 0 Å². The minimum absolute atomic E-state index is 0.00794. The number of nitrogens with zero attached hydrogens (tertiary/aromatic N) is 1. The molecule has 1 aromatic heterocycles. The monoisotopic (exact) mass is 373 g/mol. The lowest BCUT2D eigenvalue weighted by atomic mass is 9.82. The summed E-state index contributed by atoms with van der Waals surface area (Å²) in [5.41, 5.74) is 10.7. The Hall–Kier alpha value is -3.32. The summed E-state index contributed by atoms with van der Waals surface area (Å²) in [7, 11) is 0. The third-order valence-corrected chi connectivity index (χ3v) is 6.64. The minimum atomic E-state index is 0.00794. The largest absolute Gasteiger partial charge is 0.309 e. The van der Waals surface area contributed by atoms with E-state index in [1.165, 1.54) is 55.3 Å². The number of hydrogen-bond acceptors (Lipinski definition) is 0. The second-order valence-corrected chi connectivity index (χ2v) is 8.75. The van der Waals surface area contributed by atoms with Crippen molar-refractivity contribution in [2.24, 2.45) is 0 Å². The summed E-state index contributed by atoms with van der Waals surface area (Å²) in [5.74, 6) is 0.